The fourth-order valence-electron chi connectivity index (χ4n) is 2.24. The number of methoxy groups -OCH3 is 2. The Morgan fingerprint density at radius 2 is 1.96 bits per heavy atom. The summed E-state index contributed by atoms with van der Waals surface area (Å²) in [5.41, 5.74) is 0.787. The van der Waals surface area contributed by atoms with Gasteiger partial charge in [0.1, 0.15) is 12.4 Å². The zero-order valence-electron chi connectivity index (χ0n) is 15.2. The first kappa shape index (κ1) is 23.4. The monoisotopic (exact) mass is 437 g/mol. The summed E-state index contributed by atoms with van der Waals surface area (Å²) in [4.78, 5) is 23.4. The number of carbonyl (C=O) groups is 2. The molecule has 0 saturated heterocycles. The molecule has 1 amide bonds. The van der Waals surface area contributed by atoms with E-state index in [4.69, 9.17) is 44.3 Å². The normalized spacial score (nSPS) is 13.7. The van der Waals surface area contributed by atoms with Crippen molar-refractivity contribution in [3.05, 3.63) is 42.0 Å². The number of halogens is 3. The van der Waals surface area contributed by atoms with Crippen LogP contribution in [0.2, 0.25) is 0 Å². The predicted molar refractivity (Wildman–Crippen MR) is 105 cm³/mol. The highest BCUT2D eigenvalue weighted by Crippen LogP contribution is 2.28. The fourth-order valence-corrected chi connectivity index (χ4v) is 2.41. The maximum Gasteiger partial charge on any atom is 0.407 e. The molecule has 1 aromatic carbocycles. The highest BCUT2D eigenvalue weighted by atomic mass is 35.6. The van der Waals surface area contributed by atoms with Crippen LogP contribution >= 0.6 is 34.8 Å². The third-order valence-corrected chi connectivity index (χ3v) is 3.90. The van der Waals surface area contributed by atoms with Crippen LogP contribution in [0.5, 0.6) is 5.75 Å². The van der Waals surface area contributed by atoms with Crippen molar-refractivity contribution in [3.63, 3.8) is 0 Å². The molecule has 27 heavy (non-hydrogen) atoms. The van der Waals surface area contributed by atoms with Crippen LogP contribution in [0.15, 0.2) is 36.4 Å². The molecule has 0 saturated carbocycles. The Kier molecular flexibility index (Phi) is 9.77. The van der Waals surface area contributed by atoms with Crippen molar-refractivity contribution in [1.29, 1.82) is 0 Å². The van der Waals surface area contributed by atoms with Crippen LogP contribution in [-0.2, 0) is 14.3 Å². The highest BCUT2D eigenvalue weighted by Gasteiger charge is 2.25. The third kappa shape index (κ3) is 9.22. The number of ether oxygens (including phenoxy) is 3. The SMILES string of the molecule is COC(=O)CC=C[C@@H](C)[C@H](NC(=O)OCC(Cl)(Cl)Cl)c1cccc(OC)c1. The molecule has 0 aliphatic heterocycles. The Bertz CT molecular complexity index is 661. The Labute approximate surface area is 173 Å². The van der Waals surface area contributed by atoms with E-state index >= 15 is 0 Å². The topological polar surface area (TPSA) is 73.9 Å². The zero-order valence-corrected chi connectivity index (χ0v) is 17.5. The van der Waals surface area contributed by atoms with E-state index in [2.05, 4.69) is 10.1 Å². The maximum absolute atomic E-state index is 12.1. The van der Waals surface area contributed by atoms with E-state index in [-0.39, 0.29) is 24.9 Å². The molecular weight excluding hydrogens is 417 g/mol. The first-order chi connectivity index (χ1) is 12.7. The van der Waals surface area contributed by atoms with E-state index in [1.807, 2.05) is 13.0 Å². The van der Waals surface area contributed by atoms with E-state index in [0.717, 1.165) is 5.56 Å². The van der Waals surface area contributed by atoms with Gasteiger partial charge in [0, 0.05) is 0 Å². The number of hydrogen-bond acceptors (Lipinski definition) is 5. The Hall–Kier alpha value is -1.63. The third-order valence-electron chi connectivity index (χ3n) is 3.57. The molecule has 0 radical (unpaired) electrons. The van der Waals surface area contributed by atoms with Crippen LogP contribution < -0.4 is 10.1 Å². The number of esters is 1. The lowest BCUT2D eigenvalue weighted by molar-refractivity contribution is -0.139. The van der Waals surface area contributed by atoms with Gasteiger partial charge in [-0.3, -0.25) is 4.79 Å². The van der Waals surface area contributed by atoms with Crippen LogP contribution in [-0.4, -0.2) is 36.7 Å². The van der Waals surface area contributed by atoms with Crippen molar-refractivity contribution in [1.82, 2.24) is 5.32 Å². The van der Waals surface area contributed by atoms with Crippen LogP contribution in [0, 0.1) is 5.92 Å². The standard InChI is InChI=1S/C18H22Cl3NO5/c1-12(6-4-9-15(23)26-3)16(13-7-5-8-14(10-13)25-2)22-17(24)27-11-18(19,20)21/h4-8,10,12,16H,9,11H2,1-3H3,(H,22,24)/t12-,16+/m1/s1. The van der Waals surface area contributed by atoms with Gasteiger partial charge in [0.15, 0.2) is 0 Å². The highest BCUT2D eigenvalue weighted by molar-refractivity contribution is 6.67. The first-order valence-corrected chi connectivity index (χ1v) is 9.17. The van der Waals surface area contributed by atoms with Crippen LogP contribution in [0.4, 0.5) is 4.79 Å². The van der Waals surface area contributed by atoms with E-state index in [1.54, 1.807) is 37.5 Å². The second kappa shape index (κ2) is 11.3. The minimum atomic E-state index is -1.70. The lowest BCUT2D eigenvalue weighted by Gasteiger charge is -2.24. The number of alkyl halides is 3. The van der Waals surface area contributed by atoms with Gasteiger partial charge in [-0.1, -0.05) is 66.0 Å². The van der Waals surface area contributed by atoms with Gasteiger partial charge in [-0.15, -0.1) is 0 Å². The lowest BCUT2D eigenvalue weighted by Crippen LogP contribution is -2.34. The van der Waals surface area contributed by atoms with Gasteiger partial charge in [0.05, 0.1) is 26.7 Å². The molecule has 0 heterocycles. The van der Waals surface area contributed by atoms with E-state index in [9.17, 15) is 9.59 Å². The molecule has 150 valence electrons. The summed E-state index contributed by atoms with van der Waals surface area (Å²) in [5, 5.41) is 2.75. The number of amides is 1. The minimum absolute atomic E-state index is 0.128. The van der Waals surface area contributed by atoms with Crippen molar-refractivity contribution in [3.8, 4) is 5.75 Å². The molecule has 6 nitrogen and oxygen atoms in total. The molecule has 0 fully saturated rings. The molecule has 0 unspecified atom stereocenters. The number of hydrogen-bond donors (Lipinski definition) is 1. The van der Waals surface area contributed by atoms with Crippen molar-refractivity contribution < 1.29 is 23.8 Å². The molecule has 0 spiro atoms. The number of rotatable bonds is 8. The van der Waals surface area contributed by atoms with Gasteiger partial charge >= 0.3 is 12.1 Å². The van der Waals surface area contributed by atoms with Crippen molar-refractivity contribution in [2.75, 3.05) is 20.8 Å². The van der Waals surface area contributed by atoms with Gasteiger partial charge < -0.3 is 19.5 Å². The Balaban J connectivity index is 2.94. The molecule has 1 aromatic rings. The van der Waals surface area contributed by atoms with Crippen LogP contribution in [0.25, 0.3) is 0 Å². The second-order valence-corrected chi connectivity index (χ2v) is 8.17. The van der Waals surface area contributed by atoms with Gasteiger partial charge in [-0.2, -0.15) is 0 Å². The van der Waals surface area contributed by atoms with E-state index in [1.165, 1.54) is 7.11 Å². The van der Waals surface area contributed by atoms with Crippen molar-refractivity contribution in [2.24, 2.45) is 5.92 Å². The zero-order chi connectivity index (χ0) is 20.4. The molecule has 1 N–H and O–H groups in total. The number of benzene rings is 1. The van der Waals surface area contributed by atoms with Gasteiger partial charge in [-0.05, 0) is 23.6 Å². The van der Waals surface area contributed by atoms with E-state index < -0.39 is 15.9 Å². The maximum atomic E-state index is 12.1. The first-order valence-electron chi connectivity index (χ1n) is 8.03. The van der Waals surface area contributed by atoms with Gasteiger partial charge in [-0.25, -0.2) is 4.79 Å². The van der Waals surface area contributed by atoms with Crippen LogP contribution in [0.3, 0.4) is 0 Å². The summed E-state index contributed by atoms with van der Waals surface area (Å²) in [6, 6.07) is 6.77. The molecule has 9 heteroatoms. The van der Waals surface area contributed by atoms with E-state index in [0.29, 0.717) is 5.75 Å². The summed E-state index contributed by atoms with van der Waals surface area (Å²) in [6.07, 6.45) is 2.87. The molecule has 1 rings (SSSR count). The summed E-state index contributed by atoms with van der Waals surface area (Å²) < 4.78 is 13.1. The molecule has 0 bridgehead atoms. The molecule has 0 aliphatic rings. The summed E-state index contributed by atoms with van der Waals surface area (Å²) in [7, 11) is 2.87. The van der Waals surface area contributed by atoms with Gasteiger partial charge in [0.25, 0.3) is 0 Å². The minimum Gasteiger partial charge on any atom is -0.497 e. The summed E-state index contributed by atoms with van der Waals surface area (Å²) in [6.45, 7) is 1.49. The lowest BCUT2D eigenvalue weighted by atomic mass is 9.93. The van der Waals surface area contributed by atoms with Crippen LogP contribution in [0.1, 0.15) is 24.9 Å². The number of nitrogens with one attached hydrogen (secondary N) is 1. The predicted octanol–water partition coefficient (Wildman–Crippen LogP) is 4.59. The largest absolute Gasteiger partial charge is 0.497 e. The van der Waals surface area contributed by atoms with Crippen molar-refractivity contribution in [2.45, 2.75) is 23.2 Å². The average Bonchev–Trinajstić information content (AvgIpc) is 2.63. The molecule has 0 aromatic heterocycles. The average molecular weight is 439 g/mol. The summed E-state index contributed by atoms with van der Waals surface area (Å²) in [5.74, 6) is 0.105. The molecule has 2 atom stereocenters. The smallest absolute Gasteiger partial charge is 0.407 e. The van der Waals surface area contributed by atoms with Crippen molar-refractivity contribution >= 4 is 46.9 Å². The molecular formula is C18H22Cl3NO5. The number of carbonyl (C=O) groups excluding carboxylic acids is 2. The fraction of sp³-hybridized carbons (Fsp3) is 0.444. The molecule has 0 aliphatic carbocycles. The number of alkyl carbamates (subject to hydrolysis) is 1. The Morgan fingerprint density at radius 3 is 2.56 bits per heavy atom. The summed E-state index contributed by atoms with van der Waals surface area (Å²) >= 11 is 16.8. The van der Waals surface area contributed by atoms with Gasteiger partial charge in [0.2, 0.25) is 3.79 Å². The quantitative estimate of drug-likeness (QED) is 0.365. The Morgan fingerprint density at radius 1 is 1.26 bits per heavy atom. The second-order valence-electron chi connectivity index (χ2n) is 5.66.